The van der Waals surface area contributed by atoms with Gasteiger partial charge < -0.3 is 0 Å². The molecule has 0 N–H and O–H groups in total. The maximum atomic E-state index is 4.63. The molecule has 0 saturated heterocycles. The SMILES string of the molecule is c1ccc2c(c1)C1c3ccccc3-n3ccnc3N1c1nccn1-2. The lowest BCUT2D eigenvalue weighted by Crippen LogP contribution is -2.37. The Kier molecular flexibility index (Phi) is 2.09. The number of anilines is 2. The van der Waals surface area contributed by atoms with E-state index in [-0.39, 0.29) is 6.04 Å². The van der Waals surface area contributed by atoms with Crippen molar-refractivity contribution in [2.24, 2.45) is 0 Å². The molecule has 2 aromatic carbocycles. The zero-order valence-electron chi connectivity index (χ0n) is 12.7. The van der Waals surface area contributed by atoms with Crippen LogP contribution in [0.3, 0.4) is 0 Å². The molecule has 4 aromatic rings. The third kappa shape index (κ3) is 1.31. The van der Waals surface area contributed by atoms with Crippen molar-refractivity contribution in [1.82, 2.24) is 19.1 Å². The summed E-state index contributed by atoms with van der Waals surface area (Å²) in [7, 11) is 0. The highest BCUT2D eigenvalue weighted by molar-refractivity contribution is 5.72. The van der Waals surface area contributed by atoms with Gasteiger partial charge in [-0.15, -0.1) is 0 Å². The Morgan fingerprint density at radius 1 is 0.667 bits per heavy atom. The van der Waals surface area contributed by atoms with Gasteiger partial charge in [-0.2, -0.15) is 0 Å². The summed E-state index contributed by atoms with van der Waals surface area (Å²) in [5.74, 6) is 1.81. The van der Waals surface area contributed by atoms with Crippen molar-refractivity contribution >= 4 is 11.9 Å². The topological polar surface area (TPSA) is 38.9 Å². The fourth-order valence-corrected chi connectivity index (χ4v) is 3.97. The van der Waals surface area contributed by atoms with E-state index in [1.165, 1.54) is 22.5 Å². The van der Waals surface area contributed by atoms with E-state index >= 15 is 0 Å². The van der Waals surface area contributed by atoms with Gasteiger partial charge >= 0.3 is 0 Å². The summed E-state index contributed by atoms with van der Waals surface area (Å²) in [5.41, 5.74) is 4.90. The molecule has 5 heteroatoms. The number of hydrogen-bond acceptors (Lipinski definition) is 3. The van der Waals surface area contributed by atoms with E-state index in [0.29, 0.717) is 0 Å². The van der Waals surface area contributed by atoms with E-state index in [1.54, 1.807) is 0 Å². The summed E-state index contributed by atoms with van der Waals surface area (Å²) < 4.78 is 4.28. The predicted octanol–water partition coefficient (Wildman–Crippen LogP) is 3.61. The maximum Gasteiger partial charge on any atom is 0.217 e. The molecule has 0 amide bonds. The Balaban J connectivity index is 1.77. The van der Waals surface area contributed by atoms with E-state index in [4.69, 9.17) is 0 Å². The van der Waals surface area contributed by atoms with Crippen LogP contribution in [0.4, 0.5) is 11.9 Å². The van der Waals surface area contributed by atoms with Crippen molar-refractivity contribution in [2.75, 3.05) is 4.90 Å². The molecule has 24 heavy (non-hydrogen) atoms. The van der Waals surface area contributed by atoms with Gasteiger partial charge in [0.1, 0.15) is 0 Å². The molecular formula is C19H13N5. The molecule has 0 fully saturated rings. The fraction of sp³-hybridized carbons (Fsp3) is 0.0526. The minimum absolute atomic E-state index is 0.0854. The Morgan fingerprint density at radius 2 is 1.17 bits per heavy atom. The number of rotatable bonds is 0. The van der Waals surface area contributed by atoms with Gasteiger partial charge in [0.15, 0.2) is 0 Å². The van der Waals surface area contributed by atoms with Crippen molar-refractivity contribution in [3.8, 4) is 11.4 Å². The van der Waals surface area contributed by atoms with Crippen LogP contribution in [0.15, 0.2) is 73.3 Å². The van der Waals surface area contributed by atoms with Crippen molar-refractivity contribution in [2.45, 2.75) is 6.04 Å². The smallest absolute Gasteiger partial charge is 0.217 e. The molecule has 2 aliphatic heterocycles. The minimum Gasteiger partial charge on any atom is -0.285 e. The van der Waals surface area contributed by atoms with E-state index in [2.05, 4.69) is 72.5 Å². The third-order valence-electron chi connectivity index (χ3n) is 4.91. The van der Waals surface area contributed by atoms with Gasteiger partial charge in [-0.25, -0.2) is 9.97 Å². The Bertz CT molecular complexity index is 1000. The predicted molar refractivity (Wildman–Crippen MR) is 91.1 cm³/mol. The molecule has 0 atom stereocenters. The molecule has 0 radical (unpaired) electrons. The lowest BCUT2D eigenvalue weighted by atomic mass is 9.91. The number of para-hydroxylation sites is 2. The quantitative estimate of drug-likeness (QED) is 0.498. The molecule has 0 spiro atoms. The van der Waals surface area contributed by atoms with E-state index in [0.717, 1.165) is 11.9 Å². The van der Waals surface area contributed by atoms with Gasteiger partial charge in [0.25, 0.3) is 0 Å². The summed E-state index contributed by atoms with van der Waals surface area (Å²) in [5, 5.41) is 0. The molecule has 2 aliphatic rings. The second-order valence-corrected chi connectivity index (χ2v) is 6.08. The molecular weight excluding hydrogens is 298 g/mol. The number of fused-ring (bicyclic) bond motifs is 11. The van der Waals surface area contributed by atoms with Crippen LogP contribution in [-0.4, -0.2) is 19.1 Å². The van der Waals surface area contributed by atoms with Crippen molar-refractivity contribution in [1.29, 1.82) is 0 Å². The molecule has 0 aliphatic carbocycles. The highest BCUT2D eigenvalue weighted by atomic mass is 15.4. The largest absolute Gasteiger partial charge is 0.285 e. The van der Waals surface area contributed by atoms with Crippen LogP contribution >= 0.6 is 0 Å². The van der Waals surface area contributed by atoms with Crippen molar-refractivity contribution < 1.29 is 0 Å². The average Bonchev–Trinajstić information content (AvgIpc) is 3.31. The molecule has 6 rings (SSSR count). The van der Waals surface area contributed by atoms with Gasteiger partial charge in [-0.1, -0.05) is 36.4 Å². The van der Waals surface area contributed by atoms with Crippen molar-refractivity contribution in [3.05, 3.63) is 84.4 Å². The Labute approximate surface area is 138 Å². The summed E-state index contributed by atoms with van der Waals surface area (Å²) in [6.07, 6.45) is 7.72. The molecule has 5 nitrogen and oxygen atoms in total. The minimum atomic E-state index is 0.0854. The van der Waals surface area contributed by atoms with Crippen LogP contribution in [-0.2, 0) is 0 Å². The lowest BCUT2D eigenvalue weighted by Gasteiger charge is -2.41. The molecule has 4 heterocycles. The first kappa shape index (κ1) is 12.1. The van der Waals surface area contributed by atoms with E-state index in [9.17, 15) is 0 Å². The number of imidazole rings is 2. The third-order valence-corrected chi connectivity index (χ3v) is 4.91. The summed E-state index contributed by atoms with van der Waals surface area (Å²) in [6, 6.07) is 17.1. The second kappa shape index (κ2) is 4.14. The van der Waals surface area contributed by atoms with Gasteiger partial charge in [-0.05, 0) is 12.1 Å². The zero-order valence-corrected chi connectivity index (χ0v) is 12.7. The van der Waals surface area contributed by atoms with Crippen molar-refractivity contribution in [3.63, 3.8) is 0 Å². The highest BCUT2D eigenvalue weighted by Gasteiger charge is 2.40. The maximum absolute atomic E-state index is 4.63. The Morgan fingerprint density at radius 3 is 1.71 bits per heavy atom. The van der Waals surface area contributed by atoms with Crippen LogP contribution in [0.1, 0.15) is 17.2 Å². The average molecular weight is 311 g/mol. The number of aromatic nitrogens is 4. The van der Waals surface area contributed by atoms with Crippen LogP contribution in [0.2, 0.25) is 0 Å². The second-order valence-electron chi connectivity index (χ2n) is 6.08. The van der Waals surface area contributed by atoms with Gasteiger partial charge in [-0.3, -0.25) is 14.0 Å². The van der Waals surface area contributed by atoms with E-state index < -0.39 is 0 Å². The molecule has 2 aromatic heterocycles. The fourth-order valence-electron chi connectivity index (χ4n) is 3.97. The number of hydrogen-bond donors (Lipinski definition) is 0. The standard InChI is InChI=1S/C19H13N5/c1-3-7-15-13(5-1)17-14-6-2-4-8-16(14)23-12-10-21-19(23)24(17)18-20-9-11-22(15)18/h1-12,17H. The first-order valence-corrected chi connectivity index (χ1v) is 7.98. The zero-order chi connectivity index (χ0) is 15.7. The Hall–Kier alpha value is -3.34. The summed E-state index contributed by atoms with van der Waals surface area (Å²) in [6.45, 7) is 0. The highest BCUT2D eigenvalue weighted by Crippen LogP contribution is 2.49. The van der Waals surface area contributed by atoms with Crippen LogP contribution in [0, 0.1) is 0 Å². The monoisotopic (exact) mass is 311 g/mol. The molecule has 0 saturated carbocycles. The first-order valence-electron chi connectivity index (χ1n) is 7.98. The summed E-state index contributed by atoms with van der Waals surface area (Å²) >= 11 is 0. The van der Waals surface area contributed by atoms with Gasteiger partial charge in [0.05, 0.1) is 17.4 Å². The lowest BCUT2D eigenvalue weighted by molar-refractivity contribution is 0.684. The number of nitrogens with zero attached hydrogens (tertiary/aromatic N) is 5. The summed E-state index contributed by atoms with van der Waals surface area (Å²) in [4.78, 5) is 11.5. The van der Waals surface area contributed by atoms with Gasteiger partial charge in [0.2, 0.25) is 11.9 Å². The van der Waals surface area contributed by atoms with Crippen LogP contribution < -0.4 is 4.90 Å². The van der Waals surface area contributed by atoms with Crippen LogP contribution in [0.5, 0.6) is 0 Å². The van der Waals surface area contributed by atoms with E-state index in [1.807, 2.05) is 24.8 Å². The molecule has 114 valence electrons. The first-order chi connectivity index (χ1) is 11.9. The normalized spacial score (nSPS) is 14.4. The van der Waals surface area contributed by atoms with Gasteiger partial charge in [0, 0.05) is 35.9 Å². The number of benzene rings is 2. The molecule has 0 bridgehead atoms. The molecule has 0 unspecified atom stereocenters. The van der Waals surface area contributed by atoms with Crippen LogP contribution in [0.25, 0.3) is 11.4 Å².